The predicted molar refractivity (Wildman–Crippen MR) is 68.7 cm³/mol. The molecular weight excluding hydrogens is 252 g/mol. The molecule has 1 aliphatic rings. The van der Waals surface area contributed by atoms with E-state index in [1.165, 1.54) is 0 Å². The lowest BCUT2D eigenvalue weighted by Gasteiger charge is -2.12. The molecule has 0 aliphatic carbocycles. The number of nitrogen functional groups attached to an aromatic ring is 1. The Hall–Kier alpha value is -1.69. The lowest BCUT2D eigenvalue weighted by atomic mass is 10.1. The summed E-state index contributed by atoms with van der Waals surface area (Å²) in [4.78, 5) is 14.1. The van der Waals surface area contributed by atoms with E-state index in [4.69, 9.17) is 5.73 Å². The van der Waals surface area contributed by atoms with Crippen LogP contribution in [0.15, 0.2) is 12.1 Å². The first-order chi connectivity index (χ1) is 8.97. The van der Waals surface area contributed by atoms with E-state index in [-0.39, 0.29) is 11.3 Å². The molecule has 1 heterocycles. The molecule has 1 aromatic carbocycles. The topological polar surface area (TPSA) is 58.4 Å². The van der Waals surface area contributed by atoms with Crippen molar-refractivity contribution in [2.45, 2.75) is 6.42 Å². The van der Waals surface area contributed by atoms with Crippen molar-refractivity contribution < 1.29 is 13.6 Å². The third kappa shape index (κ3) is 3.20. The minimum absolute atomic E-state index is 0.0229. The number of carbonyl (C=O) groups excluding carboxylic acids is 1. The Morgan fingerprint density at radius 1 is 1.47 bits per heavy atom. The van der Waals surface area contributed by atoms with E-state index >= 15 is 0 Å². The number of likely N-dealkylation sites (tertiary alicyclic amines) is 1. The van der Waals surface area contributed by atoms with Crippen molar-refractivity contribution in [1.82, 2.24) is 10.2 Å². The molecular formula is C13H17F2N3O. The number of nitrogens with one attached hydrogen (secondary N) is 1. The smallest absolute Gasteiger partial charge is 0.253 e. The summed E-state index contributed by atoms with van der Waals surface area (Å²) >= 11 is 0. The molecule has 2 rings (SSSR count). The molecule has 6 heteroatoms. The molecule has 1 aromatic rings. The molecule has 104 valence electrons. The average Bonchev–Trinajstić information content (AvgIpc) is 2.77. The average molecular weight is 269 g/mol. The number of nitrogens with two attached hydrogens (primary N) is 1. The van der Waals surface area contributed by atoms with E-state index in [9.17, 15) is 13.6 Å². The van der Waals surface area contributed by atoms with Crippen LogP contribution in [0.4, 0.5) is 14.5 Å². The zero-order valence-corrected chi connectivity index (χ0v) is 10.7. The molecule has 1 unspecified atom stereocenters. The number of carbonyl (C=O) groups is 1. The molecule has 0 bridgehead atoms. The van der Waals surface area contributed by atoms with Crippen molar-refractivity contribution in [3.8, 4) is 0 Å². The van der Waals surface area contributed by atoms with E-state index in [0.29, 0.717) is 12.5 Å². The largest absolute Gasteiger partial charge is 0.398 e. The monoisotopic (exact) mass is 269 g/mol. The van der Waals surface area contributed by atoms with E-state index < -0.39 is 17.5 Å². The minimum atomic E-state index is -1.07. The van der Waals surface area contributed by atoms with Gasteiger partial charge in [0.25, 0.3) is 5.91 Å². The standard InChI is InChI=1S/C13H17F2N3O/c1-18-3-2-8(7-18)6-17-13(19)9-4-10(14)11(15)5-12(9)16/h4-5,8H,2-3,6-7,16H2,1H3,(H,17,19). The van der Waals surface area contributed by atoms with Crippen LogP contribution in [0.2, 0.25) is 0 Å². The van der Waals surface area contributed by atoms with Crippen LogP contribution in [0.5, 0.6) is 0 Å². The van der Waals surface area contributed by atoms with Gasteiger partial charge in [-0.15, -0.1) is 0 Å². The van der Waals surface area contributed by atoms with Crippen molar-refractivity contribution in [3.63, 3.8) is 0 Å². The molecule has 0 spiro atoms. The van der Waals surface area contributed by atoms with Crippen molar-refractivity contribution >= 4 is 11.6 Å². The number of amides is 1. The Balaban J connectivity index is 1.98. The fraction of sp³-hybridized carbons (Fsp3) is 0.462. The molecule has 1 saturated heterocycles. The number of hydrogen-bond acceptors (Lipinski definition) is 3. The molecule has 0 aromatic heterocycles. The first-order valence-corrected chi connectivity index (χ1v) is 6.18. The number of nitrogens with zero attached hydrogens (tertiary/aromatic N) is 1. The van der Waals surface area contributed by atoms with Gasteiger partial charge in [0.1, 0.15) is 0 Å². The summed E-state index contributed by atoms with van der Waals surface area (Å²) in [6, 6.07) is 1.66. The van der Waals surface area contributed by atoms with Gasteiger partial charge in [-0.25, -0.2) is 8.78 Å². The summed E-state index contributed by atoms with van der Waals surface area (Å²) < 4.78 is 26.0. The van der Waals surface area contributed by atoms with Crippen LogP contribution < -0.4 is 11.1 Å². The Morgan fingerprint density at radius 3 is 2.79 bits per heavy atom. The minimum Gasteiger partial charge on any atom is -0.398 e. The Kier molecular flexibility index (Phi) is 3.99. The van der Waals surface area contributed by atoms with Gasteiger partial charge in [0, 0.05) is 24.8 Å². The number of rotatable bonds is 3. The molecule has 1 atom stereocenters. The molecule has 0 saturated carbocycles. The summed E-state index contributed by atoms with van der Waals surface area (Å²) in [5, 5.41) is 2.71. The van der Waals surface area contributed by atoms with Gasteiger partial charge in [-0.1, -0.05) is 0 Å². The third-order valence-corrected chi connectivity index (χ3v) is 3.38. The fourth-order valence-corrected chi connectivity index (χ4v) is 2.28. The van der Waals surface area contributed by atoms with Gasteiger partial charge in [0.15, 0.2) is 11.6 Å². The molecule has 1 aliphatic heterocycles. The maximum absolute atomic E-state index is 13.1. The third-order valence-electron chi connectivity index (χ3n) is 3.38. The SMILES string of the molecule is CN1CCC(CNC(=O)c2cc(F)c(F)cc2N)C1. The Labute approximate surface area is 110 Å². The maximum Gasteiger partial charge on any atom is 0.253 e. The highest BCUT2D eigenvalue weighted by Gasteiger charge is 2.21. The molecule has 3 N–H and O–H groups in total. The molecule has 1 fully saturated rings. The van der Waals surface area contributed by atoms with Gasteiger partial charge < -0.3 is 16.0 Å². The predicted octanol–water partition coefficient (Wildman–Crippen LogP) is 1.23. The highest BCUT2D eigenvalue weighted by molar-refractivity contribution is 5.99. The van der Waals surface area contributed by atoms with Gasteiger partial charge in [0.05, 0.1) is 5.56 Å². The summed E-state index contributed by atoms with van der Waals surface area (Å²) in [7, 11) is 2.02. The maximum atomic E-state index is 13.1. The van der Waals surface area contributed by atoms with Gasteiger partial charge >= 0.3 is 0 Å². The van der Waals surface area contributed by atoms with Gasteiger partial charge in [-0.3, -0.25) is 4.79 Å². The quantitative estimate of drug-likeness (QED) is 0.811. The van der Waals surface area contributed by atoms with Crippen LogP contribution in [-0.2, 0) is 0 Å². The Bertz CT molecular complexity index is 493. The summed E-state index contributed by atoms with van der Waals surface area (Å²) in [5.41, 5.74) is 5.44. The van der Waals surface area contributed by atoms with Crippen LogP contribution in [0.3, 0.4) is 0 Å². The van der Waals surface area contributed by atoms with Gasteiger partial charge in [0.2, 0.25) is 0 Å². The van der Waals surface area contributed by atoms with E-state index in [1.807, 2.05) is 7.05 Å². The lowest BCUT2D eigenvalue weighted by Crippen LogP contribution is -2.31. The van der Waals surface area contributed by atoms with Crippen LogP contribution in [0, 0.1) is 17.6 Å². The summed E-state index contributed by atoms with van der Waals surface area (Å²) in [6.45, 7) is 2.45. The van der Waals surface area contributed by atoms with Crippen molar-refractivity contribution in [2.75, 3.05) is 32.4 Å². The van der Waals surface area contributed by atoms with Crippen LogP contribution in [0.25, 0.3) is 0 Å². The van der Waals surface area contributed by atoms with Crippen LogP contribution >= 0.6 is 0 Å². The van der Waals surface area contributed by atoms with E-state index in [0.717, 1.165) is 31.6 Å². The second kappa shape index (κ2) is 5.52. The number of benzene rings is 1. The zero-order chi connectivity index (χ0) is 14.0. The van der Waals surface area contributed by atoms with Crippen molar-refractivity contribution in [2.24, 2.45) is 5.92 Å². The van der Waals surface area contributed by atoms with Crippen molar-refractivity contribution in [1.29, 1.82) is 0 Å². The van der Waals surface area contributed by atoms with E-state index in [1.54, 1.807) is 0 Å². The zero-order valence-electron chi connectivity index (χ0n) is 10.7. The van der Waals surface area contributed by atoms with E-state index in [2.05, 4.69) is 10.2 Å². The molecule has 19 heavy (non-hydrogen) atoms. The highest BCUT2D eigenvalue weighted by Crippen LogP contribution is 2.18. The second-order valence-electron chi connectivity index (χ2n) is 4.98. The molecule has 1 amide bonds. The van der Waals surface area contributed by atoms with Gasteiger partial charge in [-0.05, 0) is 32.0 Å². The summed E-state index contributed by atoms with van der Waals surface area (Å²) in [6.07, 6.45) is 1.02. The van der Waals surface area contributed by atoms with Crippen LogP contribution in [0.1, 0.15) is 16.8 Å². The van der Waals surface area contributed by atoms with Crippen molar-refractivity contribution in [3.05, 3.63) is 29.3 Å². The molecule has 4 nitrogen and oxygen atoms in total. The van der Waals surface area contributed by atoms with Gasteiger partial charge in [-0.2, -0.15) is 0 Å². The molecule has 0 radical (unpaired) electrons. The van der Waals surface area contributed by atoms with Crippen LogP contribution in [-0.4, -0.2) is 37.5 Å². The highest BCUT2D eigenvalue weighted by atomic mass is 19.2. The summed E-state index contributed by atoms with van der Waals surface area (Å²) in [5.74, 6) is -2.20. The first kappa shape index (κ1) is 13.7. The number of hydrogen-bond donors (Lipinski definition) is 2. The number of halogens is 2. The Morgan fingerprint density at radius 2 is 2.16 bits per heavy atom. The first-order valence-electron chi connectivity index (χ1n) is 6.18. The normalized spacial score (nSPS) is 19.6. The number of anilines is 1. The second-order valence-corrected chi connectivity index (χ2v) is 4.98. The fourth-order valence-electron chi connectivity index (χ4n) is 2.28. The lowest BCUT2D eigenvalue weighted by molar-refractivity contribution is 0.0948.